The van der Waals surface area contributed by atoms with E-state index in [0.717, 1.165) is 5.56 Å². The van der Waals surface area contributed by atoms with Gasteiger partial charge in [0.1, 0.15) is 29.0 Å². The fourth-order valence-corrected chi connectivity index (χ4v) is 4.58. The number of hydrogen-bond acceptors (Lipinski definition) is 6. The molecule has 0 radical (unpaired) electrons. The molecule has 0 saturated heterocycles. The van der Waals surface area contributed by atoms with E-state index < -0.39 is 23.6 Å². The van der Waals surface area contributed by atoms with Crippen molar-refractivity contribution in [2.24, 2.45) is 0 Å². The zero-order valence-electron chi connectivity index (χ0n) is 20.7. The summed E-state index contributed by atoms with van der Waals surface area (Å²) in [5, 5.41) is 16.8. The normalized spacial score (nSPS) is 14.4. The molecule has 0 bridgehead atoms. The van der Waals surface area contributed by atoms with Crippen LogP contribution in [0, 0.1) is 6.92 Å². The number of hydrogen-bond donors (Lipinski definition) is 2. The van der Waals surface area contributed by atoms with Crippen LogP contribution in [0.15, 0.2) is 77.3 Å². The van der Waals surface area contributed by atoms with Gasteiger partial charge in [0.25, 0.3) is 0 Å². The second-order valence-electron chi connectivity index (χ2n) is 9.19. The maximum atomic E-state index is 12.6. The lowest BCUT2D eigenvalue weighted by molar-refractivity contribution is -0.140. The van der Waals surface area contributed by atoms with E-state index >= 15 is 0 Å². The van der Waals surface area contributed by atoms with Crippen LogP contribution in [0.2, 0.25) is 5.02 Å². The van der Waals surface area contributed by atoms with Crippen molar-refractivity contribution >= 4 is 29.4 Å². The summed E-state index contributed by atoms with van der Waals surface area (Å²) in [7, 11) is 0. The number of anilines is 1. The highest BCUT2D eigenvalue weighted by Crippen LogP contribution is 2.48. The van der Waals surface area contributed by atoms with Gasteiger partial charge < -0.3 is 19.1 Å². The lowest BCUT2D eigenvalue weighted by atomic mass is 9.96. The molecule has 194 valence electrons. The van der Waals surface area contributed by atoms with Crippen LogP contribution >= 0.6 is 11.6 Å². The summed E-state index contributed by atoms with van der Waals surface area (Å²) in [6, 6.07) is 21.4. The van der Waals surface area contributed by atoms with Crippen LogP contribution in [0.5, 0.6) is 11.5 Å². The molecule has 4 aromatic rings. The number of nitrogens with one attached hydrogen (secondary N) is 1. The second-order valence-corrected chi connectivity index (χ2v) is 9.60. The Bertz CT molecular complexity index is 1480. The van der Waals surface area contributed by atoms with Crippen molar-refractivity contribution < 1.29 is 28.7 Å². The third-order valence-electron chi connectivity index (χ3n) is 6.65. The Morgan fingerprint density at radius 2 is 1.66 bits per heavy atom. The van der Waals surface area contributed by atoms with Crippen LogP contribution in [0.4, 0.5) is 10.5 Å². The van der Waals surface area contributed by atoms with Crippen LogP contribution in [-0.4, -0.2) is 22.3 Å². The minimum absolute atomic E-state index is 0.401. The minimum atomic E-state index is -0.790. The van der Waals surface area contributed by atoms with Gasteiger partial charge in [0, 0.05) is 16.1 Å². The van der Waals surface area contributed by atoms with Crippen LogP contribution in [0.25, 0.3) is 11.3 Å². The number of carbonyl (C=O) groups excluding carboxylic acids is 1. The SMILES string of the molecule is Cc1onc(-c2ccc(Oc3ccc(C4(C(=O)O)CC4)cc3)cc2)c1NC(=O)O[C@H](C)c1ccccc1Cl. The first kappa shape index (κ1) is 25.4. The topological polar surface area (TPSA) is 111 Å². The van der Waals surface area contributed by atoms with Gasteiger partial charge in [0.2, 0.25) is 0 Å². The quantitative estimate of drug-likeness (QED) is 0.241. The molecule has 1 amide bonds. The van der Waals surface area contributed by atoms with Crippen LogP contribution in [0.3, 0.4) is 0 Å². The highest BCUT2D eigenvalue weighted by atomic mass is 35.5. The summed E-state index contributed by atoms with van der Waals surface area (Å²) in [5.41, 5.74) is 2.29. The van der Waals surface area contributed by atoms with Crippen LogP contribution in [-0.2, 0) is 14.9 Å². The van der Waals surface area contributed by atoms with Crippen molar-refractivity contribution in [1.29, 1.82) is 0 Å². The molecule has 1 heterocycles. The number of ether oxygens (including phenoxy) is 2. The predicted molar refractivity (Wildman–Crippen MR) is 142 cm³/mol. The molecule has 0 unspecified atom stereocenters. The van der Waals surface area contributed by atoms with Crippen molar-refractivity contribution in [1.82, 2.24) is 5.16 Å². The third kappa shape index (κ3) is 5.08. The number of halogens is 1. The lowest BCUT2D eigenvalue weighted by Gasteiger charge is -2.15. The Morgan fingerprint density at radius 1 is 1.03 bits per heavy atom. The monoisotopic (exact) mass is 532 g/mol. The molecule has 38 heavy (non-hydrogen) atoms. The molecular formula is C29H25ClN2O6. The van der Waals surface area contributed by atoms with Gasteiger partial charge in [0.05, 0.1) is 5.41 Å². The molecule has 8 nitrogen and oxygen atoms in total. The van der Waals surface area contributed by atoms with Crippen molar-refractivity contribution in [3.05, 3.63) is 94.7 Å². The van der Waals surface area contributed by atoms with Gasteiger partial charge >= 0.3 is 12.1 Å². The third-order valence-corrected chi connectivity index (χ3v) is 6.99. The van der Waals surface area contributed by atoms with E-state index in [-0.39, 0.29) is 0 Å². The number of carboxylic acid groups (broad SMARTS) is 1. The Hall–Kier alpha value is -4.30. The number of carboxylic acids is 1. The van der Waals surface area contributed by atoms with E-state index in [1.54, 1.807) is 74.5 Å². The van der Waals surface area contributed by atoms with Gasteiger partial charge in [0.15, 0.2) is 5.76 Å². The van der Waals surface area contributed by atoms with Crippen molar-refractivity contribution in [3.63, 3.8) is 0 Å². The van der Waals surface area contributed by atoms with E-state index in [4.69, 9.17) is 25.6 Å². The molecule has 1 aliphatic carbocycles. The Kier molecular flexibility index (Phi) is 6.82. The van der Waals surface area contributed by atoms with E-state index in [1.807, 2.05) is 12.1 Å². The maximum absolute atomic E-state index is 12.6. The molecule has 1 saturated carbocycles. The first-order valence-electron chi connectivity index (χ1n) is 12.1. The molecule has 9 heteroatoms. The van der Waals surface area contributed by atoms with Crippen LogP contribution in [0.1, 0.15) is 42.8 Å². The number of nitrogens with zero attached hydrogens (tertiary/aromatic N) is 1. The fourth-order valence-electron chi connectivity index (χ4n) is 4.29. The van der Waals surface area contributed by atoms with E-state index in [1.165, 1.54) is 0 Å². The number of rotatable bonds is 8. The van der Waals surface area contributed by atoms with Crippen molar-refractivity contribution in [3.8, 4) is 22.8 Å². The number of aromatic nitrogens is 1. The molecule has 2 N–H and O–H groups in total. The molecule has 1 aliphatic rings. The molecule has 1 atom stereocenters. The maximum Gasteiger partial charge on any atom is 0.412 e. The van der Waals surface area contributed by atoms with Gasteiger partial charge in [-0.2, -0.15) is 0 Å². The first-order chi connectivity index (χ1) is 18.3. The zero-order valence-corrected chi connectivity index (χ0v) is 21.5. The van der Waals surface area contributed by atoms with E-state index in [9.17, 15) is 14.7 Å². The van der Waals surface area contributed by atoms with Gasteiger partial charge in [-0.05, 0) is 74.7 Å². The summed E-state index contributed by atoms with van der Waals surface area (Å²) in [5.74, 6) is 0.820. The first-order valence-corrected chi connectivity index (χ1v) is 12.5. The standard InChI is InChI=1S/C29H25ClN2O6/c1-17(23-5-3-4-6-24(23)30)36-28(35)31-25-18(2)38-32-26(25)19-7-11-21(12-8-19)37-22-13-9-20(10-14-22)29(15-16-29)27(33)34/h3-14,17H,15-16H2,1-2H3,(H,31,35)(H,33,34)/t17-/m1/s1. The number of aryl methyl sites for hydroxylation is 1. The molecule has 0 spiro atoms. The Labute approximate surface area is 224 Å². The summed E-state index contributed by atoms with van der Waals surface area (Å²) in [6.07, 6.45) is 0.0852. The highest BCUT2D eigenvalue weighted by Gasteiger charge is 2.51. The number of amides is 1. The number of aliphatic carboxylic acids is 1. The average molecular weight is 533 g/mol. The highest BCUT2D eigenvalue weighted by molar-refractivity contribution is 6.31. The molecule has 5 rings (SSSR count). The Morgan fingerprint density at radius 3 is 2.26 bits per heavy atom. The van der Waals surface area contributed by atoms with Crippen LogP contribution < -0.4 is 10.1 Å². The lowest BCUT2D eigenvalue weighted by Crippen LogP contribution is -2.19. The van der Waals surface area contributed by atoms with Gasteiger partial charge in [-0.15, -0.1) is 0 Å². The zero-order chi connectivity index (χ0) is 26.9. The number of carbonyl (C=O) groups is 2. The fraction of sp³-hybridized carbons (Fsp3) is 0.207. The van der Waals surface area contributed by atoms with E-state index in [2.05, 4.69) is 10.5 Å². The summed E-state index contributed by atoms with van der Waals surface area (Å²) < 4.78 is 16.8. The molecule has 3 aromatic carbocycles. The molecule has 1 aromatic heterocycles. The van der Waals surface area contributed by atoms with E-state index in [0.29, 0.717) is 57.6 Å². The van der Waals surface area contributed by atoms with Gasteiger partial charge in [-0.3, -0.25) is 10.1 Å². The number of benzene rings is 3. The average Bonchev–Trinajstić information content (AvgIpc) is 3.65. The summed E-state index contributed by atoms with van der Waals surface area (Å²) >= 11 is 6.21. The summed E-state index contributed by atoms with van der Waals surface area (Å²) in [4.78, 5) is 24.2. The van der Waals surface area contributed by atoms with Gasteiger partial charge in [-0.25, -0.2) is 4.79 Å². The van der Waals surface area contributed by atoms with Crippen molar-refractivity contribution in [2.45, 2.75) is 38.2 Å². The Balaban J connectivity index is 1.25. The largest absolute Gasteiger partial charge is 0.481 e. The summed E-state index contributed by atoms with van der Waals surface area (Å²) in [6.45, 7) is 3.44. The van der Waals surface area contributed by atoms with Crippen molar-refractivity contribution in [2.75, 3.05) is 5.32 Å². The molecule has 0 aliphatic heterocycles. The molecule has 1 fully saturated rings. The smallest absolute Gasteiger partial charge is 0.412 e. The molecular weight excluding hydrogens is 508 g/mol. The predicted octanol–water partition coefficient (Wildman–Crippen LogP) is 7.52. The second kappa shape index (κ2) is 10.2. The van der Waals surface area contributed by atoms with Gasteiger partial charge in [-0.1, -0.05) is 47.1 Å². The minimum Gasteiger partial charge on any atom is -0.481 e.